The van der Waals surface area contributed by atoms with Gasteiger partial charge in [-0.15, -0.1) is 0 Å². The standard InChI is InChI=1S/C9H11N/c1-2-8-5-3-4-6-9(8)7-10/h2-6H,1,7,10H2. The number of benzene rings is 1. The second kappa shape index (κ2) is 3.18. The fraction of sp³-hybridized carbons (Fsp3) is 0.111. The summed E-state index contributed by atoms with van der Waals surface area (Å²) in [6.45, 7) is 4.27. The van der Waals surface area contributed by atoms with Crippen LogP contribution in [0.1, 0.15) is 11.1 Å². The third-order valence-electron chi connectivity index (χ3n) is 1.49. The molecule has 0 aliphatic rings. The molecule has 0 unspecified atom stereocenters. The first kappa shape index (κ1) is 7.03. The number of hydrogen-bond acceptors (Lipinski definition) is 1. The van der Waals surface area contributed by atoms with Crippen molar-refractivity contribution in [1.29, 1.82) is 0 Å². The first-order valence-corrected chi connectivity index (χ1v) is 3.29. The van der Waals surface area contributed by atoms with E-state index in [9.17, 15) is 0 Å². The maximum atomic E-state index is 5.48. The molecule has 0 aliphatic carbocycles. The third kappa shape index (κ3) is 1.25. The van der Waals surface area contributed by atoms with E-state index in [1.807, 2.05) is 30.3 Å². The lowest BCUT2D eigenvalue weighted by Crippen LogP contribution is -1.97. The van der Waals surface area contributed by atoms with Gasteiger partial charge < -0.3 is 5.73 Å². The van der Waals surface area contributed by atoms with Gasteiger partial charge in [-0.1, -0.05) is 36.9 Å². The molecule has 0 saturated heterocycles. The Kier molecular flexibility index (Phi) is 2.24. The van der Waals surface area contributed by atoms with Crippen molar-refractivity contribution in [2.24, 2.45) is 5.73 Å². The van der Waals surface area contributed by atoms with Gasteiger partial charge in [-0.25, -0.2) is 0 Å². The van der Waals surface area contributed by atoms with Crippen molar-refractivity contribution in [1.82, 2.24) is 0 Å². The second-order valence-corrected chi connectivity index (χ2v) is 2.11. The maximum Gasteiger partial charge on any atom is 0.0184 e. The highest BCUT2D eigenvalue weighted by atomic mass is 14.5. The van der Waals surface area contributed by atoms with Gasteiger partial charge in [0, 0.05) is 6.54 Å². The van der Waals surface area contributed by atoms with Gasteiger partial charge in [0.1, 0.15) is 0 Å². The lowest BCUT2D eigenvalue weighted by atomic mass is 10.1. The lowest BCUT2D eigenvalue weighted by Gasteiger charge is -1.99. The van der Waals surface area contributed by atoms with E-state index in [0.29, 0.717) is 6.54 Å². The Balaban J connectivity index is 3.08. The van der Waals surface area contributed by atoms with Crippen molar-refractivity contribution in [2.75, 3.05) is 0 Å². The largest absolute Gasteiger partial charge is 0.326 e. The van der Waals surface area contributed by atoms with E-state index in [1.165, 1.54) is 0 Å². The van der Waals surface area contributed by atoms with Gasteiger partial charge in [0.25, 0.3) is 0 Å². The van der Waals surface area contributed by atoms with Crippen LogP contribution in [0.2, 0.25) is 0 Å². The smallest absolute Gasteiger partial charge is 0.0184 e. The number of hydrogen-bond donors (Lipinski definition) is 1. The summed E-state index contributed by atoms with van der Waals surface area (Å²) in [5, 5.41) is 0. The molecule has 0 heterocycles. The van der Waals surface area contributed by atoms with Gasteiger partial charge in [0.2, 0.25) is 0 Å². The van der Waals surface area contributed by atoms with Crippen molar-refractivity contribution in [3.05, 3.63) is 42.0 Å². The molecule has 0 spiro atoms. The molecule has 0 atom stereocenters. The Labute approximate surface area is 61.2 Å². The Hall–Kier alpha value is -1.08. The van der Waals surface area contributed by atoms with Gasteiger partial charge in [-0.3, -0.25) is 0 Å². The molecule has 0 bridgehead atoms. The minimum atomic E-state index is 0.586. The van der Waals surface area contributed by atoms with E-state index in [1.54, 1.807) is 0 Å². The van der Waals surface area contributed by atoms with Gasteiger partial charge in [0.05, 0.1) is 0 Å². The van der Waals surface area contributed by atoms with Gasteiger partial charge >= 0.3 is 0 Å². The molecular formula is C9H11N. The molecule has 0 amide bonds. The lowest BCUT2D eigenvalue weighted by molar-refractivity contribution is 1.07. The van der Waals surface area contributed by atoms with Crippen molar-refractivity contribution in [2.45, 2.75) is 6.54 Å². The molecule has 10 heavy (non-hydrogen) atoms. The molecule has 1 heteroatoms. The van der Waals surface area contributed by atoms with Crippen LogP contribution >= 0.6 is 0 Å². The van der Waals surface area contributed by atoms with E-state index < -0.39 is 0 Å². The van der Waals surface area contributed by atoms with Crippen molar-refractivity contribution < 1.29 is 0 Å². The molecule has 1 nitrogen and oxygen atoms in total. The van der Waals surface area contributed by atoms with E-state index in [4.69, 9.17) is 5.73 Å². The summed E-state index contributed by atoms with van der Waals surface area (Å²) >= 11 is 0. The fourth-order valence-corrected chi connectivity index (χ4v) is 0.919. The highest BCUT2D eigenvalue weighted by Gasteiger charge is 1.92. The van der Waals surface area contributed by atoms with E-state index in [0.717, 1.165) is 11.1 Å². The summed E-state index contributed by atoms with van der Waals surface area (Å²) in [7, 11) is 0. The zero-order chi connectivity index (χ0) is 7.40. The van der Waals surface area contributed by atoms with E-state index in [2.05, 4.69) is 6.58 Å². The first-order chi connectivity index (χ1) is 4.88. The molecule has 2 N–H and O–H groups in total. The number of nitrogens with two attached hydrogens (primary N) is 1. The highest BCUT2D eigenvalue weighted by Crippen LogP contribution is 2.07. The summed E-state index contributed by atoms with van der Waals surface area (Å²) in [5.41, 5.74) is 7.76. The van der Waals surface area contributed by atoms with Crippen LogP contribution in [0.4, 0.5) is 0 Å². The molecule has 52 valence electrons. The van der Waals surface area contributed by atoms with E-state index >= 15 is 0 Å². The van der Waals surface area contributed by atoms with Gasteiger partial charge in [0.15, 0.2) is 0 Å². The summed E-state index contributed by atoms with van der Waals surface area (Å²) in [6.07, 6.45) is 1.82. The summed E-state index contributed by atoms with van der Waals surface area (Å²) in [4.78, 5) is 0. The predicted molar refractivity (Wildman–Crippen MR) is 44.4 cm³/mol. The monoisotopic (exact) mass is 133 g/mol. The Morgan fingerprint density at radius 2 is 2.10 bits per heavy atom. The SMILES string of the molecule is C=Cc1ccccc1CN. The summed E-state index contributed by atoms with van der Waals surface area (Å²) in [5.74, 6) is 0. The first-order valence-electron chi connectivity index (χ1n) is 3.29. The van der Waals surface area contributed by atoms with Crippen molar-refractivity contribution in [3.8, 4) is 0 Å². The molecular weight excluding hydrogens is 122 g/mol. The molecule has 1 rings (SSSR count). The molecule has 0 aliphatic heterocycles. The molecule has 0 saturated carbocycles. The van der Waals surface area contributed by atoms with Gasteiger partial charge in [-0.05, 0) is 11.1 Å². The van der Waals surface area contributed by atoms with E-state index in [-0.39, 0.29) is 0 Å². The van der Waals surface area contributed by atoms with Crippen molar-refractivity contribution >= 4 is 6.08 Å². The van der Waals surface area contributed by atoms with Crippen LogP contribution in [0.5, 0.6) is 0 Å². The molecule has 0 fully saturated rings. The minimum Gasteiger partial charge on any atom is -0.326 e. The van der Waals surface area contributed by atoms with Crippen LogP contribution < -0.4 is 5.73 Å². The quantitative estimate of drug-likeness (QED) is 0.654. The highest BCUT2D eigenvalue weighted by molar-refractivity contribution is 5.51. The molecule has 0 aromatic heterocycles. The normalized spacial score (nSPS) is 9.30. The third-order valence-corrected chi connectivity index (χ3v) is 1.49. The van der Waals surface area contributed by atoms with Gasteiger partial charge in [-0.2, -0.15) is 0 Å². The van der Waals surface area contributed by atoms with Crippen LogP contribution in [0.3, 0.4) is 0 Å². The summed E-state index contributed by atoms with van der Waals surface area (Å²) in [6, 6.07) is 7.98. The van der Waals surface area contributed by atoms with Crippen LogP contribution in [0.15, 0.2) is 30.8 Å². The average Bonchev–Trinajstić information content (AvgIpc) is 2.04. The zero-order valence-electron chi connectivity index (χ0n) is 5.88. The van der Waals surface area contributed by atoms with Crippen LogP contribution in [0.25, 0.3) is 6.08 Å². The molecule has 1 aromatic rings. The van der Waals surface area contributed by atoms with Crippen LogP contribution in [0, 0.1) is 0 Å². The zero-order valence-corrected chi connectivity index (χ0v) is 5.88. The van der Waals surface area contributed by atoms with Crippen molar-refractivity contribution in [3.63, 3.8) is 0 Å². The summed E-state index contributed by atoms with van der Waals surface area (Å²) < 4.78 is 0. The average molecular weight is 133 g/mol. The number of rotatable bonds is 2. The minimum absolute atomic E-state index is 0.586. The Morgan fingerprint density at radius 3 is 2.60 bits per heavy atom. The Bertz CT molecular complexity index is 228. The topological polar surface area (TPSA) is 26.0 Å². The maximum absolute atomic E-state index is 5.48. The fourth-order valence-electron chi connectivity index (χ4n) is 0.919. The Morgan fingerprint density at radius 1 is 1.40 bits per heavy atom. The van der Waals surface area contributed by atoms with Crippen LogP contribution in [-0.4, -0.2) is 0 Å². The molecule has 1 aromatic carbocycles. The van der Waals surface area contributed by atoms with Crippen LogP contribution in [-0.2, 0) is 6.54 Å². The second-order valence-electron chi connectivity index (χ2n) is 2.11. The predicted octanol–water partition coefficient (Wildman–Crippen LogP) is 1.79. The molecule has 0 radical (unpaired) electrons.